The molecule has 0 aliphatic carbocycles. The van der Waals surface area contributed by atoms with Gasteiger partial charge in [-0.2, -0.15) is 0 Å². The van der Waals surface area contributed by atoms with Gasteiger partial charge in [-0.25, -0.2) is 0 Å². The summed E-state index contributed by atoms with van der Waals surface area (Å²) in [4.78, 5) is 5.17. The number of nitrogens with one attached hydrogen (secondary N) is 1. The van der Waals surface area contributed by atoms with Crippen LogP contribution < -0.4 is 10.1 Å². The topological polar surface area (TPSA) is 27.7 Å². The molecule has 3 heterocycles. The number of rotatable bonds is 3. The molecule has 0 aromatic heterocycles. The van der Waals surface area contributed by atoms with Gasteiger partial charge in [0.25, 0.3) is 0 Å². The summed E-state index contributed by atoms with van der Waals surface area (Å²) in [6.45, 7) is 8.18. The SMILES string of the molecule is Brc1ccc2c(c1)CC(CN1CC(N3CCNCC3)C1)O2. The van der Waals surface area contributed by atoms with E-state index in [0.29, 0.717) is 6.10 Å². The van der Waals surface area contributed by atoms with Crippen LogP contribution in [0, 0.1) is 0 Å². The molecule has 0 radical (unpaired) electrons. The Morgan fingerprint density at radius 3 is 2.86 bits per heavy atom. The second-order valence-electron chi connectivity index (χ2n) is 6.35. The van der Waals surface area contributed by atoms with Crippen LogP contribution >= 0.6 is 15.9 Å². The zero-order valence-corrected chi connectivity index (χ0v) is 13.8. The van der Waals surface area contributed by atoms with Crippen molar-refractivity contribution in [3.8, 4) is 5.75 Å². The first-order valence-corrected chi connectivity index (χ1v) is 8.69. The van der Waals surface area contributed by atoms with Crippen molar-refractivity contribution >= 4 is 15.9 Å². The number of likely N-dealkylation sites (tertiary alicyclic amines) is 1. The van der Waals surface area contributed by atoms with E-state index in [9.17, 15) is 0 Å². The summed E-state index contributed by atoms with van der Waals surface area (Å²) in [6, 6.07) is 7.10. The Labute approximate surface area is 134 Å². The average Bonchev–Trinajstić information content (AvgIpc) is 2.85. The second-order valence-corrected chi connectivity index (χ2v) is 7.27. The van der Waals surface area contributed by atoms with Gasteiger partial charge >= 0.3 is 0 Å². The molecule has 114 valence electrons. The molecule has 3 aliphatic heterocycles. The fraction of sp³-hybridized carbons (Fsp3) is 0.625. The lowest BCUT2D eigenvalue weighted by atomic mass is 10.0. The molecule has 1 aromatic rings. The summed E-state index contributed by atoms with van der Waals surface area (Å²) in [5, 5.41) is 3.42. The first-order valence-electron chi connectivity index (χ1n) is 7.90. The van der Waals surface area contributed by atoms with Crippen LogP contribution in [0.1, 0.15) is 5.56 Å². The molecule has 0 amide bonds. The molecule has 2 fully saturated rings. The van der Waals surface area contributed by atoms with Crippen molar-refractivity contribution in [1.29, 1.82) is 0 Å². The van der Waals surface area contributed by atoms with Crippen molar-refractivity contribution in [3.63, 3.8) is 0 Å². The largest absolute Gasteiger partial charge is 0.488 e. The molecule has 3 aliphatic rings. The van der Waals surface area contributed by atoms with Crippen molar-refractivity contribution in [1.82, 2.24) is 15.1 Å². The Hall–Kier alpha value is -0.620. The van der Waals surface area contributed by atoms with E-state index >= 15 is 0 Å². The van der Waals surface area contributed by atoms with Gasteiger partial charge in [0, 0.05) is 62.7 Å². The first kappa shape index (κ1) is 14.0. The maximum atomic E-state index is 6.06. The Morgan fingerprint density at radius 1 is 1.24 bits per heavy atom. The van der Waals surface area contributed by atoms with Crippen LogP contribution in [0.3, 0.4) is 0 Å². The predicted molar refractivity (Wildman–Crippen MR) is 86.9 cm³/mol. The van der Waals surface area contributed by atoms with Crippen LogP contribution in [-0.2, 0) is 6.42 Å². The number of piperazine rings is 1. The second kappa shape index (κ2) is 5.88. The smallest absolute Gasteiger partial charge is 0.123 e. The van der Waals surface area contributed by atoms with Gasteiger partial charge in [0.15, 0.2) is 0 Å². The number of ether oxygens (including phenoxy) is 1. The highest BCUT2D eigenvalue weighted by atomic mass is 79.9. The van der Waals surface area contributed by atoms with Crippen LogP contribution in [0.5, 0.6) is 5.75 Å². The molecular formula is C16H22BrN3O. The Bertz CT molecular complexity index is 512. The summed E-state index contributed by atoms with van der Waals surface area (Å²) < 4.78 is 7.21. The minimum Gasteiger partial charge on any atom is -0.488 e. The fourth-order valence-electron chi connectivity index (χ4n) is 3.65. The van der Waals surface area contributed by atoms with Gasteiger partial charge in [-0.15, -0.1) is 0 Å². The van der Waals surface area contributed by atoms with E-state index in [0.717, 1.165) is 42.3 Å². The number of benzene rings is 1. The highest BCUT2D eigenvalue weighted by Crippen LogP contribution is 2.32. The fourth-order valence-corrected chi connectivity index (χ4v) is 4.06. The van der Waals surface area contributed by atoms with E-state index in [4.69, 9.17) is 4.74 Å². The highest BCUT2D eigenvalue weighted by molar-refractivity contribution is 9.10. The first-order chi connectivity index (χ1) is 10.3. The molecule has 1 atom stereocenters. The molecule has 0 spiro atoms. The summed E-state index contributed by atoms with van der Waals surface area (Å²) in [6.07, 6.45) is 1.38. The molecule has 4 nitrogen and oxygen atoms in total. The molecule has 2 saturated heterocycles. The normalized spacial score (nSPS) is 27.2. The van der Waals surface area contributed by atoms with Crippen LogP contribution in [-0.4, -0.2) is 67.8 Å². The maximum absolute atomic E-state index is 6.06. The lowest BCUT2D eigenvalue weighted by molar-refractivity contribution is 0.00803. The summed E-state index contributed by atoms with van der Waals surface area (Å²) in [5.41, 5.74) is 1.34. The molecule has 1 N–H and O–H groups in total. The zero-order valence-electron chi connectivity index (χ0n) is 12.2. The zero-order chi connectivity index (χ0) is 14.2. The van der Waals surface area contributed by atoms with Gasteiger partial charge < -0.3 is 10.1 Å². The molecule has 1 unspecified atom stereocenters. The Morgan fingerprint density at radius 2 is 2.05 bits per heavy atom. The van der Waals surface area contributed by atoms with Gasteiger partial charge in [-0.05, 0) is 23.8 Å². The third-order valence-electron chi connectivity index (χ3n) is 4.83. The molecule has 21 heavy (non-hydrogen) atoms. The van der Waals surface area contributed by atoms with Gasteiger partial charge in [0.1, 0.15) is 11.9 Å². The van der Waals surface area contributed by atoms with E-state index in [2.05, 4.69) is 49.2 Å². The molecule has 5 heteroatoms. The Balaban J connectivity index is 1.26. The van der Waals surface area contributed by atoms with Crippen LogP contribution in [0.25, 0.3) is 0 Å². The van der Waals surface area contributed by atoms with Gasteiger partial charge in [0.2, 0.25) is 0 Å². The van der Waals surface area contributed by atoms with E-state index in [1.165, 1.54) is 31.7 Å². The van der Waals surface area contributed by atoms with Gasteiger partial charge in [0.05, 0.1) is 0 Å². The lowest BCUT2D eigenvalue weighted by Crippen LogP contribution is -2.63. The van der Waals surface area contributed by atoms with E-state index < -0.39 is 0 Å². The summed E-state index contributed by atoms with van der Waals surface area (Å²) in [7, 11) is 0. The van der Waals surface area contributed by atoms with Crippen molar-refractivity contribution < 1.29 is 4.74 Å². The Kier molecular flexibility index (Phi) is 3.92. The van der Waals surface area contributed by atoms with E-state index in [1.807, 2.05) is 0 Å². The third-order valence-corrected chi connectivity index (χ3v) is 5.32. The number of fused-ring (bicyclic) bond motifs is 1. The van der Waals surface area contributed by atoms with Crippen LogP contribution in [0.15, 0.2) is 22.7 Å². The lowest BCUT2D eigenvalue weighted by Gasteiger charge is -2.47. The van der Waals surface area contributed by atoms with Crippen molar-refractivity contribution in [2.45, 2.75) is 18.6 Å². The predicted octanol–water partition coefficient (Wildman–Crippen LogP) is 1.34. The monoisotopic (exact) mass is 351 g/mol. The summed E-state index contributed by atoms with van der Waals surface area (Å²) >= 11 is 3.54. The molecule has 1 aromatic carbocycles. The highest BCUT2D eigenvalue weighted by Gasteiger charge is 2.35. The number of hydrogen-bond acceptors (Lipinski definition) is 4. The minimum atomic E-state index is 0.332. The van der Waals surface area contributed by atoms with E-state index in [-0.39, 0.29) is 0 Å². The van der Waals surface area contributed by atoms with E-state index in [1.54, 1.807) is 0 Å². The van der Waals surface area contributed by atoms with Crippen LogP contribution in [0.4, 0.5) is 0 Å². The minimum absolute atomic E-state index is 0.332. The molecule has 0 bridgehead atoms. The van der Waals surface area contributed by atoms with Gasteiger partial charge in [-0.3, -0.25) is 9.80 Å². The van der Waals surface area contributed by atoms with Crippen LogP contribution in [0.2, 0.25) is 0 Å². The summed E-state index contributed by atoms with van der Waals surface area (Å²) in [5.74, 6) is 1.07. The van der Waals surface area contributed by atoms with Crippen molar-refractivity contribution in [2.75, 3.05) is 45.8 Å². The molecular weight excluding hydrogens is 330 g/mol. The van der Waals surface area contributed by atoms with Crippen molar-refractivity contribution in [3.05, 3.63) is 28.2 Å². The number of halogens is 1. The number of hydrogen-bond donors (Lipinski definition) is 1. The van der Waals surface area contributed by atoms with Crippen molar-refractivity contribution in [2.24, 2.45) is 0 Å². The average molecular weight is 352 g/mol. The third kappa shape index (κ3) is 2.97. The maximum Gasteiger partial charge on any atom is 0.123 e. The standard InChI is InChI=1S/C16H22BrN3O/c17-13-1-2-16-12(7-13)8-15(21-16)11-19-9-14(10-19)20-5-3-18-4-6-20/h1-2,7,14-15,18H,3-6,8-11H2. The van der Waals surface area contributed by atoms with Gasteiger partial charge in [-0.1, -0.05) is 15.9 Å². The quantitative estimate of drug-likeness (QED) is 0.889. The molecule has 4 rings (SSSR count). The number of nitrogens with zero attached hydrogens (tertiary/aromatic N) is 2. The molecule has 0 saturated carbocycles.